The normalized spacial score (nSPS) is 19.0. The van der Waals surface area contributed by atoms with Crippen LogP contribution < -0.4 is 10.6 Å². The second kappa shape index (κ2) is 5.98. The molecule has 94 valence electrons. The number of carbonyl (C=O) groups excluding carboxylic acids is 1. The van der Waals surface area contributed by atoms with E-state index >= 15 is 0 Å². The first-order chi connectivity index (χ1) is 8.70. The van der Waals surface area contributed by atoms with E-state index in [2.05, 4.69) is 32.6 Å². The van der Waals surface area contributed by atoms with Gasteiger partial charge in [0, 0.05) is 4.47 Å². The highest BCUT2D eigenvalue weighted by atomic mass is 79.9. The van der Waals surface area contributed by atoms with Crippen molar-refractivity contribution in [2.45, 2.75) is 25.3 Å². The van der Waals surface area contributed by atoms with E-state index in [1.807, 2.05) is 6.07 Å². The Morgan fingerprint density at radius 2 is 2.33 bits per heavy atom. The molecule has 1 fully saturated rings. The minimum atomic E-state index is -0.145. The van der Waals surface area contributed by atoms with Crippen LogP contribution in [-0.2, 0) is 4.79 Å². The lowest BCUT2D eigenvalue weighted by Gasteiger charge is -2.22. The molecule has 0 bridgehead atoms. The smallest absolute Gasteiger partial charge is 0.241 e. The highest BCUT2D eigenvalue weighted by molar-refractivity contribution is 9.10. The van der Waals surface area contributed by atoms with Gasteiger partial charge in [0.05, 0.1) is 17.3 Å². The first-order valence-electron chi connectivity index (χ1n) is 5.94. The van der Waals surface area contributed by atoms with Crippen molar-refractivity contribution in [3.63, 3.8) is 0 Å². The highest BCUT2D eigenvalue weighted by Gasteiger charge is 2.21. The number of hydrogen-bond acceptors (Lipinski definition) is 3. The van der Waals surface area contributed by atoms with Gasteiger partial charge >= 0.3 is 0 Å². The van der Waals surface area contributed by atoms with Gasteiger partial charge in [0.25, 0.3) is 0 Å². The Morgan fingerprint density at radius 1 is 1.50 bits per heavy atom. The van der Waals surface area contributed by atoms with E-state index in [9.17, 15) is 4.79 Å². The van der Waals surface area contributed by atoms with Gasteiger partial charge in [0.1, 0.15) is 6.07 Å². The fourth-order valence-corrected chi connectivity index (χ4v) is 2.37. The summed E-state index contributed by atoms with van der Waals surface area (Å²) in [5.41, 5.74) is 1.03. The summed E-state index contributed by atoms with van der Waals surface area (Å²) in [6.07, 6.45) is 3.03. The van der Waals surface area contributed by atoms with Crippen molar-refractivity contribution in [1.82, 2.24) is 5.32 Å². The summed E-state index contributed by atoms with van der Waals surface area (Å²) in [6, 6.07) is 7.18. The Hall–Kier alpha value is -1.38. The minimum absolute atomic E-state index is 0.0616. The zero-order chi connectivity index (χ0) is 13.0. The lowest BCUT2D eigenvalue weighted by molar-refractivity contribution is -0.118. The third-order valence-corrected chi connectivity index (χ3v) is 3.48. The predicted octanol–water partition coefficient (Wildman–Crippen LogP) is 2.40. The number of benzene rings is 1. The van der Waals surface area contributed by atoms with E-state index in [4.69, 9.17) is 5.26 Å². The summed E-state index contributed by atoms with van der Waals surface area (Å²) in [5, 5.41) is 15.0. The lowest BCUT2D eigenvalue weighted by Crippen LogP contribution is -2.43. The van der Waals surface area contributed by atoms with Crippen molar-refractivity contribution in [3.05, 3.63) is 28.2 Å². The molecule has 0 aromatic heterocycles. The van der Waals surface area contributed by atoms with Crippen molar-refractivity contribution in [2.75, 3.05) is 11.9 Å². The van der Waals surface area contributed by atoms with E-state index in [1.165, 1.54) is 0 Å². The molecule has 0 unspecified atom stereocenters. The monoisotopic (exact) mass is 307 g/mol. The van der Waals surface area contributed by atoms with Gasteiger partial charge in [-0.05, 0) is 37.6 Å². The molecule has 2 rings (SSSR count). The summed E-state index contributed by atoms with van der Waals surface area (Å²) in [6.45, 7) is 0.879. The van der Waals surface area contributed by atoms with E-state index < -0.39 is 0 Å². The van der Waals surface area contributed by atoms with Gasteiger partial charge in [-0.25, -0.2) is 0 Å². The predicted molar refractivity (Wildman–Crippen MR) is 73.1 cm³/mol. The Morgan fingerprint density at radius 3 is 3.00 bits per heavy atom. The molecule has 0 spiro atoms. The average molecular weight is 308 g/mol. The summed E-state index contributed by atoms with van der Waals surface area (Å²) in [7, 11) is 0. The Balaban J connectivity index is 2.09. The maximum absolute atomic E-state index is 12.0. The third-order valence-electron chi connectivity index (χ3n) is 2.99. The molecule has 0 aliphatic carbocycles. The number of amides is 1. The molecule has 0 radical (unpaired) electrons. The molecule has 4 nitrogen and oxygen atoms in total. The Kier molecular flexibility index (Phi) is 4.34. The largest absolute Gasteiger partial charge is 0.324 e. The van der Waals surface area contributed by atoms with Crippen LogP contribution in [-0.4, -0.2) is 18.5 Å². The standard InChI is InChI=1S/C13H14BrN3O/c14-10-4-5-11(9(7-10)8-15)17-13(18)12-3-1-2-6-16-12/h4-5,7,12,16H,1-3,6H2,(H,17,18)/t12-/m1/s1. The molecule has 1 aliphatic rings. The van der Waals surface area contributed by atoms with Gasteiger partial charge in [0.2, 0.25) is 5.91 Å². The van der Waals surface area contributed by atoms with Crippen molar-refractivity contribution >= 4 is 27.5 Å². The summed E-state index contributed by atoms with van der Waals surface area (Å²) >= 11 is 3.30. The van der Waals surface area contributed by atoms with Crippen molar-refractivity contribution in [1.29, 1.82) is 5.26 Å². The zero-order valence-corrected chi connectivity index (χ0v) is 11.5. The minimum Gasteiger partial charge on any atom is -0.324 e. The molecule has 0 saturated carbocycles. The summed E-state index contributed by atoms with van der Waals surface area (Å²) in [4.78, 5) is 12.0. The average Bonchev–Trinajstić information content (AvgIpc) is 2.41. The Labute approximate surface area is 115 Å². The molecule has 1 heterocycles. The summed E-state index contributed by atoms with van der Waals surface area (Å²) in [5.74, 6) is -0.0616. The van der Waals surface area contributed by atoms with Gasteiger partial charge in [-0.2, -0.15) is 5.26 Å². The summed E-state index contributed by atoms with van der Waals surface area (Å²) < 4.78 is 0.827. The molecule has 2 N–H and O–H groups in total. The number of carbonyl (C=O) groups is 1. The molecule has 5 heteroatoms. The number of piperidine rings is 1. The van der Waals surface area contributed by atoms with Gasteiger partial charge in [-0.3, -0.25) is 4.79 Å². The number of nitrogens with one attached hydrogen (secondary N) is 2. The molecular weight excluding hydrogens is 294 g/mol. The number of nitriles is 1. The molecule has 18 heavy (non-hydrogen) atoms. The third kappa shape index (κ3) is 3.09. The highest BCUT2D eigenvalue weighted by Crippen LogP contribution is 2.21. The van der Waals surface area contributed by atoms with Gasteiger partial charge in [0.15, 0.2) is 0 Å². The van der Waals surface area contributed by atoms with Crippen LogP contribution in [0.1, 0.15) is 24.8 Å². The van der Waals surface area contributed by atoms with E-state index in [-0.39, 0.29) is 11.9 Å². The fraction of sp³-hybridized carbons (Fsp3) is 0.385. The van der Waals surface area contributed by atoms with Crippen molar-refractivity contribution in [3.8, 4) is 6.07 Å². The van der Waals surface area contributed by atoms with Gasteiger partial charge < -0.3 is 10.6 Å². The Bertz CT molecular complexity index is 489. The number of rotatable bonds is 2. The molecule has 1 atom stereocenters. The van der Waals surface area contributed by atoms with Crippen LogP contribution in [0.3, 0.4) is 0 Å². The first-order valence-corrected chi connectivity index (χ1v) is 6.74. The lowest BCUT2D eigenvalue weighted by atomic mass is 10.0. The second-order valence-electron chi connectivity index (χ2n) is 4.29. The molecule has 1 aromatic rings. The molecule has 1 amide bonds. The van der Waals surface area contributed by atoms with Crippen LogP contribution >= 0.6 is 15.9 Å². The van der Waals surface area contributed by atoms with E-state index in [0.29, 0.717) is 11.3 Å². The maximum atomic E-state index is 12.0. The van der Waals surface area contributed by atoms with Crippen LogP contribution in [0.15, 0.2) is 22.7 Å². The van der Waals surface area contributed by atoms with Crippen LogP contribution in [0.5, 0.6) is 0 Å². The van der Waals surface area contributed by atoms with E-state index in [1.54, 1.807) is 12.1 Å². The van der Waals surface area contributed by atoms with Crippen LogP contribution in [0.25, 0.3) is 0 Å². The van der Waals surface area contributed by atoms with Crippen molar-refractivity contribution < 1.29 is 4.79 Å². The maximum Gasteiger partial charge on any atom is 0.241 e. The zero-order valence-electron chi connectivity index (χ0n) is 9.87. The quantitative estimate of drug-likeness (QED) is 0.882. The first kappa shape index (κ1) is 13.1. The fourth-order valence-electron chi connectivity index (χ4n) is 2.01. The second-order valence-corrected chi connectivity index (χ2v) is 5.21. The number of anilines is 1. The molecular formula is C13H14BrN3O. The van der Waals surface area contributed by atoms with Gasteiger partial charge in [-0.15, -0.1) is 0 Å². The molecule has 1 aromatic carbocycles. The molecule has 1 saturated heterocycles. The SMILES string of the molecule is N#Cc1cc(Br)ccc1NC(=O)[C@H]1CCCCN1. The van der Waals surface area contributed by atoms with Gasteiger partial charge in [-0.1, -0.05) is 22.4 Å². The topological polar surface area (TPSA) is 64.9 Å². The van der Waals surface area contributed by atoms with Crippen LogP contribution in [0.4, 0.5) is 5.69 Å². The molecule has 1 aliphatic heterocycles. The van der Waals surface area contributed by atoms with Crippen LogP contribution in [0, 0.1) is 11.3 Å². The number of nitrogens with zero attached hydrogens (tertiary/aromatic N) is 1. The van der Waals surface area contributed by atoms with Crippen molar-refractivity contribution in [2.24, 2.45) is 0 Å². The number of hydrogen-bond donors (Lipinski definition) is 2. The number of halogens is 1. The van der Waals surface area contributed by atoms with E-state index in [0.717, 1.165) is 30.3 Å². The van der Waals surface area contributed by atoms with Crippen LogP contribution in [0.2, 0.25) is 0 Å².